The highest BCUT2D eigenvalue weighted by molar-refractivity contribution is 9.10. The van der Waals surface area contributed by atoms with Crippen LogP contribution in [-0.2, 0) is 0 Å². The Morgan fingerprint density at radius 1 is 1.62 bits per heavy atom. The van der Waals surface area contributed by atoms with Gasteiger partial charge in [-0.2, -0.15) is 0 Å². The number of likely N-dealkylation sites (N-methyl/N-ethyl adjacent to an activating group) is 1. The summed E-state index contributed by atoms with van der Waals surface area (Å²) in [6.45, 7) is 0.0388. The maximum absolute atomic E-state index is 9.06. The van der Waals surface area contributed by atoms with Gasteiger partial charge in [-0.05, 0) is 30.8 Å². The molecule has 0 fully saturated rings. The quantitative estimate of drug-likeness (QED) is 0.703. The lowest BCUT2D eigenvalue weighted by Gasteiger charge is -2.15. The maximum Gasteiger partial charge on any atom is 0.0627 e. The zero-order valence-corrected chi connectivity index (χ0v) is 9.01. The predicted molar refractivity (Wildman–Crippen MR) is 57.4 cm³/mol. The van der Waals surface area contributed by atoms with Crippen LogP contribution in [-0.4, -0.2) is 18.8 Å². The zero-order chi connectivity index (χ0) is 9.84. The number of hydrogen-bond donors (Lipinski definition) is 3. The molecule has 0 radical (unpaired) electrons. The van der Waals surface area contributed by atoms with E-state index in [0.717, 1.165) is 10.0 Å². The van der Waals surface area contributed by atoms with Crippen molar-refractivity contribution in [3.63, 3.8) is 0 Å². The van der Waals surface area contributed by atoms with Gasteiger partial charge in [-0.3, -0.25) is 0 Å². The predicted octanol–water partition coefficient (Wildman–Crippen LogP) is 1.28. The third kappa shape index (κ3) is 2.43. The molecule has 0 saturated heterocycles. The third-order valence-corrected chi connectivity index (χ3v) is 2.45. The van der Waals surface area contributed by atoms with Crippen LogP contribution in [0.3, 0.4) is 0 Å². The first kappa shape index (κ1) is 10.5. The first-order valence-electron chi connectivity index (χ1n) is 4.02. The summed E-state index contributed by atoms with van der Waals surface area (Å²) in [6.07, 6.45) is 0. The molecule has 1 rings (SSSR count). The fourth-order valence-electron chi connectivity index (χ4n) is 1.19. The van der Waals surface area contributed by atoms with Crippen LogP contribution in [0, 0.1) is 0 Å². The van der Waals surface area contributed by atoms with Crippen LogP contribution in [0.2, 0.25) is 0 Å². The molecule has 1 aromatic rings. The number of rotatable bonds is 3. The Bertz CT molecular complexity index is 287. The van der Waals surface area contributed by atoms with Crippen molar-refractivity contribution in [3.05, 3.63) is 28.2 Å². The van der Waals surface area contributed by atoms with Gasteiger partial charge in [0.2, 0.25) is 0 Å². The number of hydrogen-bond acceptors (Lipinski definition) is 3. The lowest BCUT2D eigenvalue weighted by Crippen LogP contribution is -2.21. The molecule has 0 aliphatic carbocycles. The van der Waals surface area contributed by atoms with E-state index in [-0.39, 0.29) is 12.6 Å². The lowest BCUT2D eigenvalue weighted by molar-refractivity contribution is 0.251. The fraction of sp³-hybridized carbons (Fsp3) is 0.333. The minimum absolute atomic E-state index is 0.0388. The van der Waals surface area contributed by atoms with E-state index in [4.69, 9.17) is 10.8 Å². The highest BCUT2D eigenvalue weighted by Crippen LogP contribution is 2.23. The number of nitrogens with two attached hydrogens (primary N) is 1. The summed E-state index contributed by atoms with van der Waals surface area (Å²) in [7, 11) is 1.79. The highest BCUT2D eigenvalue weighted by atomic mass is 79.9. The van der Waals surface area contributed by atoms with Gasteiger partial charge in [0.25, 0.3) is 0 Å². The molecule has 0 amide bonds. The van der Waals surface area contributed by atoms with Gasteiger partial charge < -0.3 is 16.2 Å². The molecule has 0 aliphatic rings. The Morgan fingerprint density at radius 2 is 2.31 bits per heavy atom. The minimum Gasteiger partial charge on any atom is -0.398 e. The van der Waals surface area contributed by atoms with Crippen LogP contribution in [0.4, 0.5) is 5.69 Å². The van der Waals surface area contributed by atoms with Crippen molar-refractivity contribution in [1.29, 1.82) is 0 Å². The van der Waals surface area contributed by atoms with Gasteiger partial charge in [-0.15, -0.1) is 0 Å². The second kappa shape index (κ2) is 4.60. The molecule has 13 heavy (non-hydrogen) atoms. The molecule has 4 N–H and O–H groups in total. The number of aliphatic hydroxyl groups is 1. The van der Waals surface area contributed by atoms with Crippen molar-refractivity contribution in [2.75, 3.05) is 19.4 Å². The molecule has 4 heteroatoms. The van der Waals surface area contributed by atoms with Crippen molar-refractivity contribution < 1.29 is 5.11 Å². The van der Waals surface area contributed by atoms with Crippen LogP contribution in [0.25, 0.3) is 0 Å². The van der Waals surface area contributed by atoms with Crippen molar-refractivity contribution in [2.45, 2.75) is 6.04 Å². The molecule has 0 saturated carbocycles. The molecule has 1 atom stereocenters. The third-order valence-electron chi connectivity index (χ3n) is 1.96. The topological polar surface area (TPSA) is 58.3 Å². The number of nitrogens with one attached hydrogen (secondary N) is 1. The van der Waals surface area contributed by atoms with E-state index in [1.54, 1.807) is 7.05 Å². The molecule has 0 aromatic heterocycles. The van der Waals surface area contributed by atoms with Gasteiger partial charge in [0, 0.05) is 10.2 Å². The molecule has 0 bridgehead atoms. The molecule has 0 spiro atoms. The molecule has 72 valence electrons. The van der Waals surface area contributed by atoms with Crippen LogP contribution in [0.1, 0.15) is 11.6 Å². The summed E-state index contributed by atoms with van der Waals surface area (Å²) in [6, 6.07) is 5.51. The fourth-order valence-corrected chi connectivity index (χ4v) is 1.57. The zero-order valence-electron chi connectivity index (χ0n) is 7.42. The van der Waals surface area contributed by atoms with E-state index in [1.807, 2.05) is 18.2 Å². The van der Waals surface area contributed by atoms with Crippen LogP contribution in [0.5, 0.6) is 0 Å². The average molecular weight is 245 g/mol. The largest absolute Gasteiger partial charge is 0.398 e. The number of aliphatic hydroxyl groups excluding tert-OH is 1. The standard InChI is InChI=1S/C9H13BrN2O/c1-12-9(5-13)7-4-6(10)2-3-8(7)11/h2-4,9,12-13H,5,11H2,1H3. The van der Waals surface area contributed by atoms with Gasteiger partial charge in [-0.1, -0.05) is 15.9 Å². The average Bonchev–Trinajstić information content (AvgIpc) is 2.13. The first-order chi connectivity index (χ1) is 6.19. The summed E-state index contributed by atoms with van der Waals surface area (Å²) >= 11 is 3.36. The first-order valence-corrected chi connectivity index (χ1v) is 4.81. The van der Waals surface area contributed by atoms with Gasteiger partial charge in [-0.25, -0.2) is 0 Å². The van der Waals surface area contributed by atoms with Crippen molar-refractivity contribution in [3.8, 4) is 0 Å². The van der Waals surface area contributed by atoms with Crippen LogP contribution >= 0.6 is 15.9 Å². The van der Waals surface area contributed by atoms with Gasteiger partial charge in [0.1, 0.15) is 0 Å². The lowest BCUT2D eigenvalue weighted by atomic mass is 10.1. The highest BCUT2D eigenvalue weighted by Gasteiger charge is 2.10. The maximum atomic E-state index is 9.06. The molecule has 1 aromatic carbocycles. The van der Waals surface area contributed by atoms with Crippen molar-refractivity contribution >= 4 is 21.6 Å². The number of halogens is 1. The Hall–Kier alpha value is -0.580. The molecule has 3 nitrogen and oxygen atoms in total. The monoisotopic (exact) mass is 244 g/mol. The molecule has 1 unspecified atom stereocenters. The second-order valence-electron chi connectivity index (χ2n) is 2.80. The summed E-state index contributed by atoms with van der Waals surface area (Å²) in [5.74, 6) is 0. The summed E-state index contributed by atoms with van der Waals surface area (Å²) in [5, 5.41) is 12.0. The van der Waals surface area contributed by atoms with Gasteiger partial charge in [0.15, 0.2) is 0 Å². The van der Waals surface area contributed by atoms with Gasteiger partial charge >= 0.3 is 0 Å². The van der Waals surface area contributed by atoms with Gasteiger partial charge in [0.05, 0.1) is 12.6 Å². The number of anilines is 1. The van der Waals surface area contributed by atoms with E-state index < -0.39 is 0 Å². The van der Waals surface area contributed by atoms with E-state index >= 15 is 0 Å². The molecule has 0 aliphatic heterocycles. The Balaban J connectivity index is 3.03. The number of benzene rings is 1. The summed E-state index contributed by atoms with van der Waals surface area (Å²) < 4.78 is 0.963. The van der Waals surface area contributed by atoms with Crippen LogP contribution in [0.15, 0.2) is 22.7 Å². The van der Waals surface area contributed by atoms with E-state index in [1.165, 1.54) is 0 Å². The molecular weight excluding hydrogens is 232 g/mol. The molecule has 0 heterocycles. The van der Waals surface area contributed by atoms with E-state index in [9.17, 15) is 0 Å². The molecular formula is C9H13BrN2O. The van der Waals surface area contributed by atoms with Crippen molar-refractivity contribution in [2.24, 2.45) is 0 Å². The van der Waals surface area contributed by atoms with Crippen molar-refractivity contribution in [1.82, 2.24) is 5.32 Å². The Kier molecular flexibility index (Phi) is 3.71. The summed E-state index contributed by atoms with van der Waals surface area (Å²) in [5.41, 5.74) is 7.38. The summed E-state index contributed by atoms with van der Waals surface area (Å²) in [4.78, 5) is 0. The Morgan fingerprint density at radius 3 is 2.85 bits per heavy atom. The SMILES string of the molecule is CNC(CO)c1cc(Br)ccc1N. The smallest absolute Gasteiger partial charge is 0.0627 e. The van der Waals surface area contributed by atoms with E-state index in [0.29, 0.717) is 5.69 Å². The Labute approximate surface area is 86.1 Å². The van der Waals surface area contributed by atoms with E-state index in [2.05, 4.69) is 21.2 Å². The second-order valence-corrected chi connectivity index (χ2v) is 3.71. The normalized spacial score (nSPS) is 12.8. The minimum atomic E-state index is -0.0995. The number of nitrogen functional groups attached to an aromatic ring is 1. The van der Waals surface area contributed by atoms with Crippen LogP contribution < -0.4 is 11.1 Å².